The third-order valence-corrected chi connectivity index (χ3v) is 9.32. The fourth-order valence-electron chi connectivity index (χ4n) is 7.38. The van der Waals surface area contributed by atoms with Gasteiger partial charge in [0.2, 0.25) is 0 Å². The maximum Gasteiger partial charge on any atom is 0.329 e. The molecule has 0 bridgehead atoms. The molecule has 2 unspecified atom stereocenters. The van der Waals surface area contributed by atoms with Gasteiger partial charge in [-0.15, -0.1) is 0 Å². The first kappa shape index (κ1) is 21.9. The third-order valence-electron chi connectivity index (χ3n) is 9.32. The largest absolute Gasteiger partial charge is 0.329 e. The minimum absolute atomic E-state index is 0.180. The quantitative estimate of drug-likeness (QED) is 0.494. The number of nitrogens with zero attached hydrogens (tertiary/aromatic N) is 3. The summed E-state index contributed by atoms with van der Waals surface area (Å²) in [5, 5.41) is 3.56. The maximum atomic E-state index is 13.6. The Labute approximate surface area is 208 Å². The molecule has 3 aliphatic carbocycles. The number of likely N-dealkylation sites (tertiary alicyclic amines) is 1. The van der Waals surface area contributed by atoms with Crippen LogP contribution in [0, 0.1) is 5.92 Å². The number of imidazole rings is 1. The number of rotatable bonds is 7. The zero-order valence-electron chi connectivity index (χ0n) is 20.8. The zero-order chi connectivity index (χ0) is 23.4. The fourth-order valence-corrected chi connectivity index (χ4v) is 7.38. The van der Waals surface area contributed by atoms with Crippen LogP contribution in [0.5, 0.6) is 0 Å². The molecule has 1 aliphatic heterocycles. The van der Waals surface area contributed by atoms with Gasteiger partial charge in [-0.05, 0) is 98.6 Å². The summed E-state index contributed by atoms with van der Waals surface area (Å²) >= 11 is 0. The van der Waals surface area contributed by atoms with Gasteiger partial charge in [-0.2, -0.15) is 0 Å². The van der Waals surface area contributed by atoms with E-state index in [0.29, 0.717) is 12.1 Å². The second-order valence-electron chi connectivity index (χ2n) is 11.5. The van der Waals surface area contributed by atoms with Crippen LogP contribution in [0.4, 0.5) is 0 Å². The van der Waals surface area contributed by atoms with E-state index in [-0.39, 0.29) is 5.69 Å². The molecule has 5 nitrogen and oxygen atoms in total. The lowest BCUT2D eigenvalue weighted by atomic mass is 9.84. The van der Waals surface area contributed by atoms with Crippen LogP contribution < -0.4 is 11.0 Å². The second kappa shape index (κ2) is 8.94. The molecule has 7 rings (SSSR count). The van der Waals surface area contributed by atoms with Crippen molar-refractivity contribution in [3.05, 3.63) is 69.6 Å². The topological polar surface area (TPSA) is 42.2 Å². The number of aromatic nitrogens is 2. The first-order valence-electron chi connectivity index (χ1n) is 14.0. The summed E-state index contributed by atoms with van der Waals surface area (Å²) in [6.45, 7) is 4.88. The van der Waals surface area contributed by atoms with Crippen molar-refractivity contribution >= 4 is 11.0 Å². The van der Waals surface area contributed by atoms with Crippen LogP contribution in [-0.4, -0.2) is 40.2 Å². The van der Waals surface area contributed by atoms with Gasteiger partial charge in [-0.25, -0.2) is 4.79 Å². The molecule has 0 radical (unpaired) electrons. The average Bonchev–Trinajstić information content (AvgIpc) is 3.58. The molecule has 5 heteroatoms. The number of hydrogen-bond acceptors (Lipinski definition) is 3. The number of fused-ring (bicyclic) bond motifs is 1. The molecular weight excluding hydrogens is 432 g/mol. The highest BCUT2D eigenvalue weighted by Crippen LogP contribution is 2.50. The molecule has 2 aromatic carbocycles. The van der Waals surface area contributed by atoms with E-state index in [1.807, 2.05) is 4.57 Å². The highest BCUT2D eigenvalue weighted by atomic mass is 16.1. The van der Waals surface area contributed by atoms with Crippen molar-refractivity contribution in [2.45, 2.75) is 75.9 Å². The fraction of sp³-hybridized carbons (Fsp3) is 0.567. The molecule has 2 heterocycles. The van der Waals surface area contributed by atoms with Crippen LogP contribution >= 0.6 is 0 Å². The Morgan fingerprint density at radius 2 is 1.74 bits per heavy atom. The first-order valence-corrected chi connectivity index (χ1v) is 14.0. The van der Waals surface area contributed by atoms with E-state index >= 15 is 0 Å². The predicted molar refractivity (Wildman–Crippen MR) is 141 cm³/mol. The highest BCUT2D eigenvalue weighted by molar-refractivity contribution is 5.76. The summed E-state index contributed by atoms with van der Waals surface area (Å²) in [6, 6.07) is 16.3. The van der Waals surface area contributed by atoms with E-state index in [9.17, 15) is 4.79 Å². The molecule has 1 saturated carbocycles. The van der Waals surface area contributed by atoms with Crippen molar-refractivity contribution in [2.24, 2.45) is 5.92 Å². The SMILES string of the molecule is O=c1n(CCNCC2CC2)c2ccccc2n1C1CCN(C2CC3CCCc4cccc2c43)CC1. The van der Waals surface area contributed by atoms with E-state index in [0.717, 1.165) is 68.4 Å². The average molecular weight is 471 g/mol. The Bertz CT molecular complexity index is 1280. The number of piperidine rings is 1. The minimum Gasteiger partial charge on any atom is -0.315 e. The van der Waals surface area contributed by atoms with Crippen LogP contribution in [0.15, 0.2) is 47.3 Å². The van der Waals surface area contributed by atoms with Gasteiger partial charge in [0.1, 0.15) is 0 Å². The monoisotopic (exact) mass is 470 g/mol. The van der Waals surface area contributed by atoms with Gasteiger partial charge in [-0.1, -0.05) is 30.3 Å². The molecule has 1 saturated heterocycles. The van der Waals surface area contributed by atoms with E-state index in [2.05, 4.69) is 57.2 Å². The Morgan fingerprint density at radius 3 is 2.57 bits per heavy atom. The normalized spacial score (nSPS) is 24.8. The summed E-state index contributed by atoms with van der Waals surface area (Å²) in [5.74, 6) is 1.64. The highest BCUT2D eigenvalue weighted by Gasteiger charge is 2.38. The number of para-hydroxylation sites is 2. The summed E-state index contributed by atoms with van der Waals surface area (Å²) in [7, 11) is 0. The van der Waals surface area contributed by atoms with Gasteiger partial charge in [0.05, 0.1) is 11.0 Å². The molecule has 1 aromatic heterocycles. The Balaban J connectivity index is 1.09. The Kier molecular flexibility index (Phi) is 5.58. The standard InChI is InChI=1S/C30H38N4O/c35-30-33(18-15-31-20-21-11-12-21)26-9-1-2-10-27(26)34(30)24-13-16-32(17-14-24)28-19-23-7-3-5-22-6-4-8-25(28)29(22)23/h1-2,4,6,8-10,21,23-24,28,31H,3,5,7,11-20H2. The van der Waals surface area contributed by atoms with Gasteiger partial charge in [0, 0.05) is 38.3 Å². The summed E-state index contributed by atoms with van der Waals surface area (Å²) < 4.78 is 4.14. The molecular formula is C30H38N4O. The maximum absolute atomic E-state index is 13.6. The molecule has 1 N–H and O–H groups in total. The number of hydrogen-bond donors (Lipinski definition) is 1. The second-order valence-corrected chi connectivity index (χ2v) is 11.5. The van der Waals surface area contributed by atoms with Gasteiger partial charge >= 0.3 is 5.69 Å². The summed E-state index contributed by atoms with van der Waals surface area (Å²) in [4.78, 5) is 16.4. The van der Waals surface area contributed by atoms with Gasteiger partial charge in [0.15, 0.2) is 0 Å². The van der Waals surface area contributed by atoms with Gasteiger partial charge in [0.25, 0.3) is 0 Å². The van der Waals surface area contributed by atoms with Crippen molar-refractivity contribution in [2.75, 3.05) is 26.2 Å². The van der Waals surface area contributed by atoms with Crippen molar-refractivity contribution in [3.8, 4) is 0 Å². The van der Waals surface area contributed by atoms with E-state index < -0.39 is 0 Å². The van der Waals surface area contributed by atoms with Crippen LogP contribution in [0.25, 0.3) is 11.0 Å². The van der Waals surface area contributed by atoms with Crippen molar-refractivity contribution < 1.29 is 0 Å². The predicted octanol–water partition coefficient (Wildman–Crippen LogP) is 5.00. The summed E-state index contributed by atoms with van der Waals surface area (Å²) in [6.07, 6.45) is 10.1. The smallest absolute Gasteiger partial charge is 0.315 e. The van der Waals surface area contributed by atoms with Crippen LogP contribution in [0.3, 0.4) is 0 Å². The number of benzene rings is 2. The molecule has 0 amide bonds. The zero-order valence-corrected chi connectivity index (χ0v) is 20.8. The lowest BCUT2D eigenvalue weighted by Crippen LogP contribution is -2.39. The molecule has 0 spiro atoms. The Hall–Kier alpha value is -2.37. The van der Waals surface area contributed by atoms with Gasteiger partial charge < -0.3 is 5.32 Å². The molecule has 35 heavy (non-hydrogen) atoms. The van der Waals surface area contributed by atoms with Crippen LogP contribution in [0.2, 0.25) is 0 Å². The number of aryl methyl sites for hydroxylation is 1. The van der Waals surface area contributed by atoms with Crippen LogP contribution in [0.1, 0.15) is 79.6 Å². The molecule has 2 fully saturated rings. The molecule has 2 atom stereocenters. The third kappa shape index (κ3) is 3.88. The summed E-state index contributed by atoms with van der Waals surface area (Å²) in [5.41, 5.74) is 7.30. The Morgan fingerprint density at radius 1 is 0.914 bits per heavy atom. The van der Waals surface area contributed by atoms with Gasteiger partial charge in [-0.3, -0.25) is 14.0 Å². The number of nitrogens with one attached hydrogen (secondary N) is 1. The van der Waals surface area contributed by atoms with E-state index in [1.165, 1.54) is 38.5 Å². The van der Waals surface area contributed by atoms with Crippen LogP contribution in [-0.2, 0) is 13.0 Å². The van der Waals surface area contributed by atoms with E-state index in [1.54, 1.807) is 16.7 Å². The van der Waals surface area contributed by atoms with Crippen molar-refractivity contribution in [1.29, 1.82) is 0 Å². The molecule has 184 valence electrons. The van der Waals surface area contributed by atoms with Crippen molar-refractivity contribution in [3.63, 3.8) is 0 Å². The lowest BCUT2D eigenvalue weighted by Gasteiger charge is -2.37. The molecule has 4 aliphatic rings. The lowest BCUT2D eigenvalue weighted by molar-refractivity contribution is 0.130. The first-order chi connectivity index (χ1) is 17.3. The van der Waals surface area contributed by atoms with Crippen molar-refractivity contribution in [1.82, 2.24) is 19.4 Å². The van der Waals surface area contributed by atoms with E-state index in [4.69, 9.17) is 0 Å². The minimum atomic E-state index is 0.180. The molecule has 3 aromatic rings.